The predicted molar refractivity (Wildman–Crippen MR) is 130 cm³/mol. The Morgan fingerprint density at radius 1 is 1.12 bits per heavy atom. The average Bonchev–Trinajstić information content (AvgIpc) is 2.82. The second kappa shape index (κ2) is 9.23. The average molecular weight is 428 g/mol. The van der Waals surface area contributed by atoms with Gasteiger partial charge in [-0.2, -0.15) is 5.26 Å². The molecule has 1 fully saturated rings. The minimum atomic E-state index is 0.176. The van der Waals surface area contributed by atoms with Gasteiger partial charge in [0.15, 0.2) is 0 Å². The van der Waals surface area contributed by atoms with E-state index in [-0.39, 0.29) is 6.04 Å². The number of guanidine groups is 1. The molecular formula is C25H29N7. The maximum atomic E-state index is 9.47. The molecule has 0 radical (unpaired) electrons. The molecule has 1 atom stereocenters. The number of hydrogen-bond acceptors (Lipinski definition) is 5. The molecule has 1 aromatic heterocycles. The lowest BCUT2D eigenvalue weighted by atomic mass is 9.99. The van der Waals surface area contributed by atoms with Crippen LogP contribution in [0.3, 0.4) is 0 Å². The highest BCUT2D eigenvalue weighted by atomic mass is 15.4. The van der Waals surface area contributed by atoms with E-state index < -0.39 is 0 Å². The van der Waals surface area contributed by atoms with Crippen molar-refractivity contribution >= 4 is 28.5 Å². The Morgan fingerprint density at radius 3 is 2.56 bits per heavy atom. The summed E-state index contributed by atoms with van der Waals surface area (Å²) in [5, 5.41) is 9.47. The number of rotatable bonds is 3. The molecule has 1 unspecified atom stereocenters. The minimum absolute atomic E-state index is 0.176. The maximum Gasteiger partial charge on any atom is 0.217 e. The third-order valence-corrected chi connectivity index (χ3v) is 6.13. The molecule has 2 heterocycles. The molecule has 4 rings (SSSR count). The van der Waals surface area contributed by atoms with Crippen LogP contribution in [0.2, 0.25) is 0 Å². The van der Waals surface area contributed by atoms with Gasteiger partial charge in [-0.15, -0.1) is 4.99 Å². The van der Waals surface area contributed by atoms with Crippen LogP contribution in [-0.4, -0.2) is 53.6 Å². The summed E-state index contributed by atoms with van der Waals surface area (Å²) in [6.45, 7) is 8.81. The second-order valence-electron chi connectivity index (χ2n) is 8.52. The van der Waals surface area contributed by atoms with E-state index >= 15 is 0 Å². The van der Waals surface area contributed by atoms with Crippen LogP contribution in [0, 0.1) is 24.3 Å². The molecule has 7 nitrogen and oxygen atoms in total. The van der Waals surface area contributed by atoms with Gasteiger partial charge in [-0.1, -0.05) is 44.2 Å². The third-order valence-electron chi connectivity index (χ3n) is 6.13. The van der Waals surface area contributed by atoms with Gasteiger partial charge in [0, 0.05) is 32.4 Å². The molecular weight excluding hydrogens is 398 g/mol. The predicted octanol–water partition coefficient (Wildman–Crippen LogP) is 4.06. The number of para-hydroxylation sites is 3. The third kappa shape index (κ3) is 4.22. The van der Waals surface area contributed by atoms with E-state index in [0.717, 1.165) is 47.7 Å². The normalized spacial score (nSPS) is 17.0. The molecule has 0 spiro atoms. The van der Waals surface area contributed by atoms with Gasteiger partial charge in [0.05, 0.1) is 23.3 Å². The van der Waals surface area contributed by atoms with E-state index in [1.807, 2.05) is 60.7 Å². The van der Waals surface area contributed by atoms with E-state index in [1.165, 1.54) is 0 Å². The van der Waals surface area contributed by atoms with E-state index in [2.05, 4.69) is 52.7 Å². The van der Waals surface area contributed by atoms with Crippen molar-refractivity contribution in [3.8, 4) is 6.19 Å². The van der Waals surface area contributed by atoms with Crippen molar-refractivity contribution in [1.82, 2.24) is 14.9 Å². The molecule has 3 aromatic rings. The fraction of sp³-hybridized carbons (Fsp3) is 0.360. The molecule has 1 saturated heterocycles. The summed E-state index contributed by atoms with van der Waals surface area (Å²) in [7, 11) is 1.98. The molecule has 0 bridgehead atoms. The lowest BCUT2D eigenvalue weighted by Gasteiger charge is -2.46. The van der Waals surface area contributed by atoms with Gasteiger partial charge in [-0.25, -0.2) is 4.98 Å². The van der Waals surface area contributed by atoms with Gasteiger partial charge in [-0.3, -0.25) is 4.98 Å². The smallest absolute Gasteiger partial charge is 0.217 e. The zero-order chi connectivity index (χ0) is 22.7. The van der Waals surface area contributed by atoms with Crippen molar-refractivity contribution < 1.29 is 0 Å². The number of nitrogens with zero attached hydrogens (tertiary/aromatic N) is 7. The van der Waals surface area contributed by atoms with Crippen LogP contribution in [0.5, 0.6) is 0 Å². The Hall–Kier alpha value is -3.66. The monoisotopic (exact) mass is 427 g/mol. The SMILES string of the molecule is Cc1ccccc1N(C)/C(=N\C#N)N1CCN(c2cnc3ccccc3n2)CC1C(C)C. The Morgan fingerprint density at radius 2 is 1.84 bits per heavy atom. The van der Waals surface area contributed by atoms with Crippen molar-refractivity contribution in [2.45, 2.75) is 26.8 Å². The highest BCUT2D eigenvalue weighted by Crippen LogP contribution is 2.26. The minimum Gasteiger partial charge on any atom is -0.351 e. The van der Waals surface area contributed by atoms with Crippen molar-refractivity contribution in [2.75, 3.05) is 36.5 Å². The van der Waals surface area contributed by atoms with E-state index in [0.29, 0.717) is 11.9 Å². The van der Waals surface area contributed by atoms with Crippen LogP contribution in [0.1, 0.15) is 19.4 Å². The molecule has 164 valence electrons. The van der Waals surface area contributed by atoms with Crippen molar-refractivity contribution in [1.29, 1.82) is 5.26 Å². The largest absolute Gasteiger partial charge is 0.351 e. The summed E-state index contributed by atoms with van der Waals surface area (Å²) in [5.74, 6) is 1.94. The van der Waals surface area contributed by atoms with Crippen LogP contribution >= 0.6 is 0 Å². The van der Waals surface area contributed by atoms with Crippen molar-refractivity contribution in [3.63, 3.8) is 0 Å². The summed E-state index contributed by atoms with van der Waals surface area (Å²) >= 11 is 0. The first-order valence-corrected chi connectivity index (χ1v) is 11.0. The van der Waals surface area contributed by atoms with E-state index in [9.17, 15) is 5.26 Å². The number of aryl methyl sites for hydroxylation is 1. The lowest BCUT2D eigenvalue weighted by Crippen LogP contribution is -2.60. The summed E-state index contributed by atoms with van der Waals surface area (Å²) in [6, 6.07) is 16.3. The first-order chi connectivity index (χ1) is 15.5. The summed E-state index contributed by atoms with van der Waals surface area (Å²) in [5.41, 5.74) is 4.00. The summed E-state index contributed by atoms with van der Waals surface area (Å²) in [4.78, 5) is 20.3. The van der Waals surface area contributed by atoms with E-state index in [4.69, 9.17) is 4.98 Å². The molecule has 0 amide bonds. The molecule has 0 aliphatic carbocycles. The zero-order valence-electron chi connectivity index (χ0n) is 19.1. The molecule has 2 aromatic carbocycles. The van der Waals surface area contributed by atoms with Gasteiger partial charge >= 0.3 is 0 Å². The number of hydrogen-bond donors (Lipinski definition) is 0. The van der Waals surface area contributed by atoms with Crippen LogP contribution in [-0.2, 0) is 0 Å². The highest BCUT2D eigenvalue weighted by molar-refractivity contribution is 5.97. The number of aromatic nitrogens is 2. The highest BCUT2D eigenvalue weighted by Gasteiger charge is 2.34. The quantitative estimate of drug-likeness (QED) is 0.357. The van der Waals surface area contributed by atoms with Crippen LogP contribution in [0.15, 0.2) is 59.7 Å². The second-order valence-corrected chi connectivity index (χ2v) is 8.52. The molecule has 0 N–H and O–H groups in total. The molecule has 1 aliphatic heterocycles. The Balaban J connectivity index is 1.62. The van der Waals surface area contributed by atoms with Crippen molar-refractivity contribution in [3.05, 3.63) is 60.3 Å². The molecule has 0 saturated carbocycles. The number of benzene rings is 2. The van der Waals surface area contributed by atoms with Crippen molar-refractivity contribution in [2.24, 2.45) is 10.9 Å². The number of piperazine rings is 1. The van der Waals surface area contributed by atoms with Gasteiger partial charge in [0.1, 0.15) is 5.82 Å². The first-order valence-electron chi connectivity index (χ1n) is 11.0. The molecule has 1 aliphatic rings. The van der Waals surface area contributed by atoms with Crippen LogP contribution in [0.4, 0.5) is 11.5 Å². The standard InChI is InChI=1S/C25H29N7/c1-18(2)23-16-31(24-15-27-20-10-6-7-11-21(20)29-24)13-14-32(23)25(28-17-26)30(4)22-12-8-5-9-19(22)3/h5-12,15,18,23H,13-14,16H2,1-4H3/b28-25+. The van der Waals surface area contributed by atoms with Gasteiger partial charge in [-0.05, 0) is 36.6 Å². The number of aliphatic imine (C=N–C) groups is 1. The first kappa shape index (κ1) is 21.6. The number of anilines is 2. The molecule has 32 heavy (non-hydrogen) atoms. The number of fused-ring (bicyclic) bond motifs is 1. The fourth-order valence-electron chi connectivity index (χ4n) is 4.36. The topological polar surface area (TPSA) is 71.7 Å². The van der Waals surface area contributed by atoms with E-state index in [1.54, 1.807) is 0 Å². The molecule has 7 heteroatoms. The number of nitriles is 1. The fourth-order valence-corrected chi connectivity index (χ4v) is 4.36. The lowest BCUT2D eigenvalue weighted by molar-refractivity contribution is 0.221. The summed E-state index contributed by atoms with van der Waals surface area (Å²) in [6.07, 6.45) is 3.89. The summed E-state index contributed by atoms with van der Waals surface area (Å²) < 4.78 is 0. The van der Waals surface area contributed by atoms with Crippen LogP contribution in [0.25, 0.3) is 11.0 Å². The Labute approximate surface area is 189 Å². The maximum absolute atomic E-state index is 9.47. The Bertz CT molecular complexity index is 1160. The van der Waals surface area contributed by atoms with Gasteiger partial charge < -0.3 is 14.7 Å². The van der Waals surface area contributed by atoms with Gasteiger partial charge in [0.2, 0.25) is 12.2 Å². The Kier molecular flexibility index (Phi) is 6.22. The van der Waals surface area contributed by atoms with Crippen LogP contribution < -0.4 is 9.80 Å². The van der Waals surface area contributed by atoms with Gasteiger partial charge in [0.25, 0.3) is 0 Å². The zero-order valence-corrected chi connectivity index (χ0v) is 19.1.